The van der Waals surface area contributed by atoms with E-state index < -0.39 is 0 Å². The van der Waals surface area contributed by atoms with Gasteiger partial charge in [-0.05, 0) is 24.5 Å². The summed E-state index contributed by atoms with van der Waals surface area (Å²) in [4.78, 5) is 11.5. The number of hydrogen-bond acceptors (Lipinski definition) is 2. The maximum Gasteiger partial charge on any atom is 0.135 e. The quantitative estimate of drug-likeness (QED) is 0.735. The van der Waals surface area contributed by atoms with Crippen LogP contribution in [0, 0.1) is 5.92 Å². The number of ether oxygens (including phenoxy) is 1. The van der Waals surface area contributed by atoms with Crippen LogP contribution in [-0.2, 0) is 11.2 Å². The summed E-state index contributed by atoms with van der Waals surface area (Å²) in [5.41, 5.74) is 1.18. The smallest absolute Gasteiger partial charge is 0.135 e. The van der Waals surface area contributed by atoms with Crippen LogP contribution in [0.25, 0.3) is 0 Å². The Hall–Kier alpha value is -1.31. The molecule has 0 radical (unpaired) electrons. The zero-order valence-corrected chi connectivity index (χ0v) is 10.3. The van der Waals surface area contributed by atoms with Crippen LogP contribution >= 0.6 is 0 Å². The van der Waals surface area contributed by atoms with Crippen molar-refractivity contribution in [1.82, 2.24) is 0 Å². The normalized spacial score (nSPS) is 10.5. The fraction of sp³-hybridized carbons (Fsp3) is 0.500. The highest BCUT2D eigenvalue weighted by atomic mass is 16.5. The van der Waals surface area contributed by atoms with Crippen molar-refractivity contribution in [3.63, 3.8) is 0 Å². The van der Waals surface area contributed by atoms with Crippen LogP contribution in [-0.4, -0.2) is 12.9 Å². The molecule has 0 unspecified atom stereocenters. The minimum Gasteiger partial charge on any atom is -0.496 e. The number of Topliss-reactive ketones (excluding diaryl/α,β-unsaturated/α-hetero) is 1. The molecule has 0 aliphatic carbocycles. The molecule has 1 aromatic rings. The Kier molecular flexibility index (Phi) is 5.03. The van der Waals surface area contributed by atoms with Crippen molar-refractivity contribution >= 4 is 5.78 Å². The molecule has 0 saturated heterocycles. The van der Waals surface area contributed by atoms with E-state index in [0.29, 0.717) is 12.2 Å². The molecule has 0 N–H and O–H groups in total. The number of methoxy groups -OCH3 is 1. The van der Waals surface area contributed by atoms with Crippen molar-refractivity contribution in [3.8, 4) is 5.75 Å². The van der Waals surface area contributed by atoms with Gasteiger partial charge in [0.05, 0.1) is 7.11 Å². The lowest BCUT2D eigenvalue weighted by Gasteiger charge is -2.08. The summed E-state index contributed by atoms with van der Waals surface area (Å²) < 4.78 is 5.27. The molecule has 0 amide bonds. The first kappa shape index (κ1) is 12.8. The molecule has 1 rings (SSSR count). The second kappa shape index (κ2) is 6.31. The summed E-state index contributed by atoms with van der Waals surface area (Å²) in [6.07, 6.45) is 2.47. The molecule has 0 aromatic heterocycles. The highest BCUT2D eigenvalue weighted by Crippen LogP contribution is 2.19. The molecular formula is C14H20O2. The molecule has 0 saturated carbocycles. The summed E-state index contributed by atoms with van der Waals surface area (Å²) in [5, 5.41) is 0. The Morgan fingerprint density at radius 3 is 2.62 bits per heavy atom. The van der Waals surface area contributed by atoms with E-state index in [0.717, 1.165) is 18.6 Å². The number of aryl methyl sites for hydroxylation is 1. The van der Waals surface area contributed by atoms with Crippen LogP contribution < -0.4 is 4.74 Å². The predicted molar refractivity (Wildman–Crippen MR) is 65.8 cm³/mol. The van der Waals surface area contributed by atoms with Gasteiger partial charge in [-0.1, -0.05) is 32.0 Å². The number of carbonyl (C=O) groups is 1. The Morgan fingerprint density at radius 2 is 2.00 bits per heavy atom. The molecule has 0 spiro atoms. The Morgan fingerprint density at radius 1 is 1.31 bits per heavy atom. The Balaban J connectivity index is 2.45. The highest BCUT2D eigenvalue weighted by Gasteiger charge is 2.07. The third-order valence-corrected chi connectivity index (χ3v) is 2.71. The number of carbonyl (C=O) groups excluding carboxylic acids is 1. The van der Waals surface area contributed by atoms with Crippen molar-refractivity contribution in [2.45, 2.75) is 33.1 Å². The van der Waals surface area contributed by atoms with Crippen LogP contribution in [0.3, 0.4) is 0 Å². The molecule has 0 aliphatic rings. The van der Waals surface area contributed by atoms with Gasteiger partial charge in [-0.2, -0.15) is 0 Å². The van der Waals surface area contributed by atoms with Gasteiger partial charge in [0, 0.05) is 12.3 Å². The molecule has 0 fully saturated rings. The molecule has 0 bridgehead atoms. The van der Waals surface area contributed by atoms with E-state index in [-0.39, 0.29) is 5.92 Å². The second-order valence-electron chi connectivity index (χ2n) is 4.29. The summed E-state index contributed by atoms with van der Waals surface area (Å²) in [6.45, 7) is 3.90. The molecule has 2 heteroatoms. The van der Waals surface area contributed by atoms with E-state index >= 15 is 0 Å². The summed E-state index contributed by atoms with van der Waals surface area (Å²) in [6, 6.07) is 7.97. The Bertz CT molecular complexity index is 342. The Labute approximate surface area is 97.6 Å². The monoisotopic (exact) mass is 220 g/mol. The average Bonchev–Trinajstić information content (AvgIpc) is 2.29. The topological polar surface area (TPSA) is 26.3 Å². The molecular weight excluding hydrogens is 200 g/mol. The first-order chi connectivity index (χ1) is 7.65. The van der Waals surface area contributed by atoms with Gasteiger partial charge in [-0.3, -0.25) is 4.79 Å². The fourth-order valence-corrected chi connectivity index (χ4v) is 1.65. The fourth-order valence-electron chi connectivity index (χ4n) is 1.65. The van der Waals surface area contributed by atoms with Crippen molar-refractivity contribution in [2.24, 2.45) is 5.92 Å². The standard InChI is InChI=1S/C14H20O2/c1-11(2)13(15)9-6-8-12-7-4-5-10-14(12)16-3/h4-5,7,10-11H,6,8-9H2,1-3H3. The van der Waals surface area contributed by atoms with Crippen molar-refractivity contribution in [2.75, 3.05) is 7.11 Å². The van der Waals surface area contributed by atoms with Gasteiger partial charge in [-0.25, -0.2) is 0 Å². The maximum absolute atomic E-state index is 11.5. The van der Waals surface area contributed by atoms with Crippen molar-refractivity contribution in [3.05, 3.63) is 29.8 Å². The molecule has 2 nitrogen and oxygen atoms in total. The van der Waals surface area contributed by atoms with Gasteiger partial charge in [-0.15, -0.1) is 0 Å². The van der Waals surface area contributed by atoms with Crippen molar-refractivity contribution < 1.29 is 9.53 Å². The summed E-state index contributed by atoms with van der Waals surface area (Å²) in [5.74, 6) is 1.41. The van der Waals surface area contributed by atoms with Gasteiger partial charge in [0.15, 0.2) is 0 Å². The van der Waals surface area contributed by atoms with Crippen LogP contribution in [0.4, 0.5) is 0 Å². The zero-order chi connectivity index (χ0) is 12.0. The molecule has 1 aromatic carbocycles. The highest BCUT2D eigenvalue weighted by molar-refractivity contribution is 5.80. The van der Waals surface area contributed by atoms with E-state index in [1.807, 2.05) is 32.0 Å². The SMILES string of the molecule is COc1ccccc1CCCC(=O)C(C)C. The van der Waals surface area contributed by atoms with Crippen LogP contribution in [0.5, 0.6) is 5.75 Å². The van der Waals surface area contributed by atoms with E-state index in [9.17, 15) is 4.79 Å². The molecule has 88 valence electrons. The number of para-hydroxylation sites is 1. The summed E-state index contributed by atoms with van der Waals surface area (Å²) in [7, 11) is 1.68. The van der Waals surface area contributed by atoms with E-state index in [1.54, 1.807) is 7.11 Å². The minimum atomic E-state index is 0.151. The second-order valence-corrected chi connectivity index (χ2v) is 4.29. The molecule has 0 heterocycles. The third-order valence-electron chi connectivity index (χ3n) is 2.71. The first-order valence-electron chi connectivity index (χ1n) is 5.79. The van der Waals surface area contributed by atoms with Gasteiger partial charge < -0.3 is 4.74 Å². The number of ketones is 1. The number of benzene rings is 1. The largest absolute Gasteiger partial charge is 0.496 e. The van der Waals surface area contributed by atoms with E-state index in [4.69, 9.17) is 4.74 Å². The van der Waals surface area contributed by atoms with Crippen LogP contribution in [0.1, 0.15) is 32.3 Å². The lowest BCUT2D eigenvalue weighted by atomic mass is 10.0. The summed E-state index contributed by atoms with van der Waals surface area (Å²) >= 11 is 0. The molecule has 16 heavy (non-hydrogen) atoms. The van der Waals surface area contributed by atoms with Crippen LogP contribution in [0.2, 0.25) is 0 Å². The van der Waals surface area contributed by atoms with E-state index in [1.165, 1.54) is 5.56 Å². The first-order valence-corrected chi connectivity index (χ1v) is 5.79. The molecule has 0 aliphatic heterocycles. The minimum absolute atomic E-state index is 0.151. The lowest BCUT2D eigenvalue weighted by Crippen LogP contribution is -2.06. The van der Waals surface area contributed by atoms with Gasteiger partial charge in [0.2, 0.25) is 0 Å². The van der Waals surface area contributed by atoms with Gasteiger partial charge in [0.25, 0.3) is 0 Å². The van der Waals surface area contributed by atoms with Gasteiger partial charge >= 0.3 is 0 Å². The van der Waals surface area contributed by atoms with Gasteiger partial charge in [0.1, 0.15) is 11.5 Å². The maximum atomic E-state index is 11.5. The third kappa shape index (κ3) is 3.69. The number of hydrogen-bond donors (Lipinski definition) is 0. The predicted octanol–water partition coefficient (Wildman–Crippen LogP) is 3.24. The van der Waals surface area contributed by atoms with Crippen LogP contribution in [0.15, 0.2) is 24.3 Å². The van der Waals surface area contributed by atoms with Crippen molar-refractivity contribution in [1.29, 1.82) is 0 Å². The zero-order valence-electron chi connectivity index (χ0n) is 10.3. The number of rotatable bonds is 6. The average molecular weight is 220 g/mol. The molecule has 0 atom stereocenters. The van der Waals surface area contributed by atoms with E-state index in [2.05, 4.69) is 6.07 Å². The lowest BCUT2D eigenvalue weighted by molar-refractivity contribution is -0.121.